The Kier molecular flexibility index (Phi) is 24.0. The molecular weight excluding hydrogens is 1830 g/mol. The summed E-state index contributed by atoms with van der Waals surface area (Å²) < 4.78 is 349. The van der Waals surface area contributed by atoms with E-state index in [4.69, 9.17) is 34.7 Å². The van der Waals surface area contributed by atoms with E-state index >= 15 is 0 Å². The van der Waals surface area contributed by atoms with Crippen molar-refractivity contribution in [2.75, 3.05) is 39.7 Å². The van der Waals surface area contributed by atoms with Crippen molar-refractivity contribution in [3.63, 3.8) is 0 Å². The van der Waals surface area contributed by atoms with E-state index in [0.717, 1.165) is 36.0 Å². The van der Waals surface area contributed by atoms with Gasteiger partial charge in [-0.15, -0.1) is 40.9 Å². The number of nitrogens with two attached hydrogens (primary N) is 2. The van der Waals surface area contributed by atoms with Crippen molar-refractivity contribution in [1.82, 2.24) is 29.9 Å². The molecule has 64 heteroatoms. The van der Waals surface area contributed by atoms with Crippen LogP contribution in [0.5, 0.6) is 11.5 Å². The number of rotatable bonds is 27. The number of aromatic hydroxyl groups is 2. The second-order valence-electron chi connectivity index (χ2n) is 22.3. The number of benzene rings is 8. The van der Waals surface area contributed by atoms with E-state index in [9.17, 15) is 140 Å². The van der Waals surface area contributed by atoms with Gasteiger partial charge in [0.05, 0.1) is 31.9 Å². The minimum atomic E-state index is -5.66. The van der Waals surface area contributed by atoms with Gasteiger partial charge >= 0.3 is 0 Å². The Balaban J connectivity index is 0.897. The fraction of sp³-hybridized carbons (Fsp3) is 0.0385. The molecule has 116 heavy (non-hydrogen) atoms. The molecule has 8 aromatic carbocycles. The van der Waals surface area contributed by atoms with Crippen LogP contribution in [0, 0.1) is 0 Å². The van der Waals surface area contributed by atoms with Crippen LogP contribution in [0.25, 0.3) is 21.5 Å². The molecule has 51 nitrogen and oxygen atoms in total. The topological polar surface area (TPSA) is 849 Å². The molecule has 0 fully saturated rings. The van der Waals surface area contributed by atoms with E-state index in [-0.39, 0.29) is 34.8 Å². The van der Waals surface area contributed by atoms with Crippen molar-refractivity contribution in [2.24, 2.45) is 40.9 Å². The van der Waals surface area contributed by atoms with Crippen LogP contribution in [0.3, 0.4) is 0 Å². The quantitative estimate of drug-likeness (QED) is 0.00760. The lowest BCUT2D eigenvalue weighted by molar-refractivity contribution is 0.471. The van der Waals surface area contributed by atoms with E-state index < -0.39 is 263 Å². The maximum absolute atomic E-state index is 12.9. The number of azo groups is 4. The largest absolute Gasteiger partial charge is 0.505 e. The summed E-state index contributed by atoms with van der Waals surface area (Å²) in [5.41, 5.74) is 0.473. The molecule has 0 atom stereocenters. The second-order valence-corrected chi connectivity index (χ2v) is 38.0. The lowest BCUT2D eigenvalue weighted by Crippen LogP contribution is -2.10. The Bertz CT molecular complexity index is 6880. The van der Waals surface area contributed by atoms with E-state index in [1.165, 1.54) is 0 Å². The van der Waals surface area contributed by atoms with E-state index in [1.54, 1.807) is 0 Å². The van der Waals surface area contributed by atoms with Crippen LogP contribution in [0.2, 0.25) is 10.6 Å². The first-order valence-electron chi connectivity index (χ1n) is 29.2. The van der Waals surface area contributed by atoms with Crippen LogP contribution in [0.15, 0.2) is 192 Å². The first-order chi connectivity index (χ1) is 53.3. The Labute approximate surface area is 662 Å². The molecule has 0 aliphatic heterocycles. The van der Waals surface area contributed by atoms with Gasteiger partial charge in [-0.3, -0.25) is 45.5 Å². The summed E-state index contributed by atoms with van der Waals surface area (Å²) in [7, 11) is -54.2. The maximum atomic E-state index is 12.9. The first-order valence-corrected chi connectivity index (χ1v) is 45.4. The van der Waals surface area contributed by atoms with Crippen LogP contribution in [0.4, 0.5) is 86.1 Å². The predicted octanol–water partition coefficient (Wildman–Crippen LogP) is 8.07. The van der Waals surface area contributed by atoms with Gasteiger partial charge in [0.1, 0.15) is 84.7 Å². The molecule has 19 N–H and O–H groups in total. The van der Waals surface area contributed by atoms with Gasteiger partial charge in [-0.2, -0.15) is 114 Å². The number of hydrogen-bond acceptors (Lipinski definition) is 42. The average molecular weight is 1870 g/mol. The number of halogens is 2. The van der Waals surface area contributed by atoms with Crippen LogP contribution < -0.4 is 27.4 Å². The predicted molar refractivity (Wildman–Crippen MR) is 396 cm³/mol. The second kappa shape index (κ2) is 31.7. The molecule has 2 heterocycles. The molecule has 0 bridgehead atoms. The average Bonchev–Trinajstić information content (AvgIpc) is 0.741. The molecule has 10 rings (SSSR count). The van der Waals surface area contributed by atoms with Gasteiger partial charge < -0.3 is 37.6 Å². The maximum Gasteiger partial charge on any atom is 0.296 e. The Morgan fingerprint density at radius 3 is 0.966 bits per heavy atom. The molecule has 0 saturated heterocycles. The van der Waals surface area contributed by atoms with E-state index in [2.05, 4.69) is 86.8 Å². The zero-order valence-corrected chi connectivity index (χ0v) is 65.8. The molecule has 614 valence electrons. The summed E-state index contributed by atoms with van der Waals surface area (Å²) in [5, 5.41) is 55.1. The standard InChI is InChI=1S/C52H39Cl2N19O32S11/c53-47-60-49(64-50(61-47)58-21-1-5-29(109(82,83)84)25(15-21)66-72-43-35(115(100,101)102)13-19-11-33(113(94,95)96)41(39(55)37(19)45(43)74)70-68-27-17-23(107(76,77)78)3-7-31(27)111(88,89)90)57-9-10-106-52-63-48(54)62-51(65-52)59-22-2-6-30(110(85,86)87)26(16-22)67-73-44-36(116(103,104)105)14-20-12-34(114(97,98)99)42(40(56)38(20)46(44)75)71-69-28-18-24(108(79,80)81)4-8-32(28)112(91,92)93/h1-8,11-18,74-75H,9-10,55-56H2,(H,76,77,78)(H,79,80,81)(H,82,83,84)(H,85,86,87)(H,88,89,90)(H,91,92,93)(H,94,95,96)(H,97,98,99)(H,100,101,102)(H,103,104,105)(H,59,62,63,65)(H2,57,58,60,61,64). The molecule has 0 unspecified atom stereocenters. The molecule has 0 saturated carbocycles. The van der Waals surface area contributed by atoms with Gasteiger partial charge in [-0.1, -0.05) is 11.8 Å². The van der Waals surface area contributed by atoms with Crippen molar-refractivity contribution >= 4 is 244 Å². The van der Waals surface area contributed by atoms with E-state index in [1.807, 2.05) is 0 Å². The summed E-state index contributed by atoms with van der Waals surface area (Å²) in [6, 6.07) is 8.98. The van der Waals surface area contributed by atoms with Gasteiger partial charge in [0, 0.05) is 23.7 Å². The Morgan fingerprint density at radius 2 is 0.629 bits per heavy atom. The number of aromatic nitrogens is 6. The van der Waals surface area contributed by atoms with Crippen molar-refractivity contribution < 1.29 is 140 Å². The van der Waals surface area contributed by atoms with Crippen LogP contribution in [-0.2, 0) is 101 Å². The third-order valence-corrected chi connectivity index (χ3v) is 24.5. The van der Waals surface area contributed by atoms with Crippen LogP contribution >= 0.6 is 35.0 Å². The van der Waals surface area contributed by atoms with Gasteiger partial charge in [-0.05, 0) is 131 Å². The number of thioether (sulfide) groups is 1. The SMILES string of the molecule is Nc1c(N=Nc2cc(S(=O)(=O)O)ccc2S(=O)(=O)O)c(S(=O)(=O)O)cc2cc(S(=O)(=O)O)c(N=Nc3cc(Nc4nc(Cl)nc(NCCSc5nc(Cl)nc(Nc6ccc(S(=O)(=O)O)c(N=Nc7c(S(=O)(=O)O)cc8cc(S(=O)(=O)O)c(N=Nc9cc(S(=O)(=O)O)ccc9S(=O)(=O)O)c(N)c8c7O)c6)n5)n4)ccc3S(=O)(=O)O)c(O)c12. The Morgan fingerprint density at radius 1 is 0.336 bits per heavy atom. The fourth-order valence-electron chi connectivity index (χ4n) is 9.82. The molecule has 0 radical (unpaired) electrons. The number of phenols is 2. The normalized spacial score (nSPS) is 13.3. The minimum Gasteiger partial charge on any atom is -0.505 e. The summed E-state index contributed by atoms with van der Waals surface area (Å²) in [4.78, 5) is 11.8. The van der Waals surface area contributed by atoms with Crippen LogP contribution in [-0.4, -0.2) is 182 Å². The molecule has 0 aliphatic carbocycles. The molecular formula is C52H39Cl2N19O32S11. The summed E-state index contributed by atoms with van der Waals surface area (Å²) in [6.45, 7) is -0.110. The highest BCUT2D eigenvalue weighted by Gasteiger charge is 2.33. The third kappa shape index (κ3) is 20.0. The van der Waals surface area contributed by atoms with Gasteiger partial charge in [0.15, 0.2) is 16.7 Å². The van der Waals surface area contributed by atoms with Gasteiger partial charge in [-0.25, -0.2) is 0 Å². The number of hydrogen-bond donors (Lipinski definition) is 17. The summed E-state index contributed by atoms with van der Waals surface area (Å²) in [5.74, 6) is -4.07. The van der Waals surface area contributed by atoms with Crippen molar-refractivity contribution in [3.8, 4) is 11.5 Å². The van der Waals surface area contributed by atoms with Crippen molar-refractivity contribution in [3.05, 3.63) is 108 Å². The monoisotopic (exact) mass is 1860 g/mol. The number of nitrogens with zero attached hydrogens (tertiary/aromatic N) is 14. The smallest absolute Gasteiger partial charge is 0.296 e. The fourth-order valence-corrected chi connectivity index (χ4v) is 16.9. The first kappa shape index (κ1) is 87.7. The lowest BCUT2D eigenvalue weighted by Gasteiger charge is -2.14. The number of fused-ring (bicyclic) bond motifs is 2. The molecule has 0 spiro atoms. The number of anilines is 7. The number of nitrogens with one attached hydrogen (secondary N) is 3. The summed E-state index contributed by atoms with van der Waals surface area (Å²) in [6.07, 6.45) is 0. The van der Waals surface area contributed by atoms with Gasteiger partial charge in [0.25, 0.3) is 101 Å². The molecule has 0 aliphatic rings. The zero-order valence-electron chi connectivity index (χ0n) is 55.3. The van der Waals surface area contributed by atoms with Crippen molar-refractivity contribution in [1.29, 1.82) is 0 Å². The highest BCUT2D eigenvalue weighted by Crippen LogP contribution is 2.51. The lowest BCUT2D eigenvalue weighted by atomic mass is 10.1. The highest BCUT2D eigenvalue weighted by atomic mass is 35.5. The Hall–Kier alpha value is -10.7. The van der Waals surface area contributed by atoms with Crippen molar-refractivity contribution in [2.45, 2.75) is 54.1 Å². The third-order valence-electron chi connectivity index (χ3n) is 14.6. The highest BCUT2D eigenvalue weighted by molar-refractivity contribution is 7.99. The van der Waals surface area contributed by atoms with E-state index in [0.29, 0.717) is 72.8 Å². The molecule has 0 amide bonds. The number of nitrogen functional groups attached to an aromatic ring is 2. The molecule has 2 aromatic heterocycles. The van der Waals surface area contributed by atoms with Crippen LogP contribution in [0.1, 0.15) is 0 Å². The minimum absolute atomic E-state index is 0.0171. The van der Waals surface area contributed by atoms with Gasteiger partial charge in [0.2, 0.25) is 28.4 Å². The molecule has 10 aromatic rings. The number of phenolic OH excluding ortho intramolecular Hbond substituents is 2. The zero-order chi connectivity index (χ0) is 86.1. The summed E-state index contributed by atoms with van der Waals surface area (Å²) >= 11 is 13.3.